The van der Waals surface area contributed by atoms with Gasteiger partial charge >= 0.3 is 5.97 Å². The molecule has 20 heavy (non-hydrogen) atoms. The minimum atomic E-state index is -0.825. The standard InChI is InChI=1S/C14H15NO3S2/c1-18-7-6-10-2-4-11(5-3-10)12-8-19-14(15-12)20-9-13(16)17/h2-5,8H,6-7,9H2,1H3,(H,16,17). The van der Waals surface area contributed by atoms with E-state index in [-0.39, 0.29) is 5.75 Å². The van der Waals surface area contributed by atoms with E-state index >= 15 is 0 Å². The van der Waals surface area contributed by atoms with Crippen molar-refractivity contribution in [2.24, 2.45) is 0 Å². The van der Waals surface area contributed by atoms with Crippen molar-refractivity contribution in [3.63, 3.8) is 0 Å². The Hall–Kier alpha value is -1.37. The Kier molecular flexibility index (Phi) is 5.58. The Morgan fingerprint density at radius 1 is 1.40 bits per heavy atom. The highest BCUT2D eigenvalue weighted by Gasteiger charge is 2.07. The number of thioether (sulfide) groups is 1. The van der Waals surface area contributed by atoms with Gasteiger partial charge in [-0.2, -0.15) is 0 Å². The molecule has 0 spiro atoms. The van der Waals surface area contributed by atoms with Crippen LogP contribution in [0.5, 0.6) is 0 Å². The van der Waals surface area contributed by atoms with Crippen molar-refractivity contribution in [3.8, 4) is 11.3 Å². The third-order valence-electron chi connectivity index (χ3n) is 2.65. The molecule has 1 aromatic heterocycles. The van der Waals surface area contributed by atoms with Gasteiger partial charge in [-0.3, -0.25) is 4.79 Å². The second-order valence-electron chi connectivity index (χ2n) is 4.12. The average Bonchev–Trinajstić information content (AvgIpc) is 2.92. The van der Waals surface area contributed by atoms with Crippen LogP contribution in [0.1, 0.15) is 5.56 Å². The molecule has 6 heteroatoms. The van der Waals surface area contributed by atoms with Gasteiger partial charge in [-0.25, -0.2) is 4.98 Å². The maximum Gasteiger partial charge on any atom is 0.313 e. The van der Waals surface area contributed by atoms with Crippen LogP contribution in [0.2, 0.25) is 0 Å². The SMILES string of the molecule is COCCc1ccc(-c2csc(SCC(=O)O)n2)cc1. The molecule has 2 rings (SSSR count). The summed E-state index contributed by atoms with van der Waals surface area (Å²) in [7, 11) is 1.69. The van der Waals surface area contributed by atoms with E-state index < -0.39 is 5.97 Å². The maximum atomic E-state index is 10.5. The zero-order valence-electron chi connectivity index (χ0n) is 11.0. The largest absolute Gasteiger partial charge is 0.481 e. The molecule has 0 radical (unpaired) electrons. The van der Waals surface area contributed by atoms with Crippen molar-refractivity contribution in [2.45, 2.75) is 10.8 Å². The number of hydrogen-bond acceptors (Lipinski definition) is 5. The smallest absolute Gasteiger partial charge is 0.313 e. The first kappa shape index (κ1) is 15.0. The minimum absolute atomic E-state index is 0.0446. The number of aliphatic carboxylic acids is 1. The van der Waals surface area contributed by atoms with E-state index in [1.165, 1.54) is 28.7 Å². The fourth-order valence-corrected chi connectivity index (χ4v) is 3.20. The van der Waals surface area contributed by atoms with Crippen molar-refractivity contribution in [1.29, 1.82) is 0 Å². The average molecular weight is 309 g/mol. The van der Waals surface area contributed by atoms with Gasteiger partial charge in [-0.1, -0.05) is 36.0 Å². The number of carboxylic acids is 1. The van der Waals surface area contributed by atoms with Crippen LogP contribution in [0.4, 0.5) is 0 Å². The zero-order valence-corrected chi connectivity index (χ0v) is 12.7. The molecule has 0 aliphatic rings. The number of hydrogen-bond donors (Lipinski definition) is 1. The van der Waals surface area contributed by atoms with Gasteiger partial charge in [0.1, 0.15) is 0 Å². The minimum Gasteiger partial charge on any atom is -0.481 e. The quantitative estimate of drug-likeness (QED) is 0.796. The highest BCUT2D eigenvalue weighted by atomic mass is 32.2. The van der Waals surface area contributed by atoms with Crippen LogP contribution in [0.25, 0.3) is 11.3 Å². The highest BCUT2D eigenvalue weighted by molar-refractivity contribution is 8.01. The van der Waals surface area contributed by atoms with E-state index in [0.717, 1.165) is 22.0 Å². The van der Waals surface area contributed by atoms with Crippen molar-refractivity contribution < 1.29 is 14.6 Å². The molecule has 2 aromatic rings. The molecule has 0 saturated heterocycles. The van der Waals surface area contributed by atoms with Gasteiger partial charge in [0.25, 0.3) is 0 Å². The van der Waals surface area contributed by atoms with Crippen LogP contribution in [0.3, 0.4) is 0 Å². The summed E-state index contributed by atoms with van der Waals surface area (Å²) < 4.78 is 5.83. The van der Waals surface area contributed by atoms with E-state index in [1.807, 2.05) is 17.5 Å². The molecule has 106 valence electrons. The predicted molar refractivity (Wildman–Crippen MR) is 81.5 cm³/mol. The molecule has 1 heterocycles. The number of benzene rings is 1. The monoisotopic (exact) mass is 309 g/mol. The Labute approximate surface area is 125 Å². The molecule has 0 atom stereocenters. The summed E-state index contributed by atoms with van der Waals surface area (Å²) in [6.07, 6.45) is 0.896. The summed E-state index contributed by atoms with van der Waals surface area (Å²) in [4.78, 5) is 15.0. The Balaban J connectivity index is 2.02. The normalized spacial score (nSPS) is 10.7. The lowest BCUT2D eigenvalue weighted by molar-refractivity contribution is -0.133. The Bertz CT molecular complexity index is 566. The molecule has 0 unspecified atom stereocenters. The number of methoxy groups -OCH3 is 1. The van der Waals surface area contributed by atoms with Crippen molar-refractivity contribution in [3.05, 3.63) is 35.2 Å². The van der Waals surface area contributed by atoms with Gasteiger partial charge in [-0.15, -0.1) is 11.3 Å². The van der Waals surface area contributed by atoms with E-state index in [0.29, 0.717) is 6.61 Å². The van der Waals surface area contributed by atoms with Crippen LogP contribution in [-0.4, -0.2) is 35.5 Å². The highest BCUT2D eigenvalue weighted by Crippen LogP contribution is 2.28. The van der Waals surface area contributed by atoms with Gasteiger partial charge in [0.05, 0.1) is 18.1 Å². The van der Waals surface area contributed by atoms with E-state index in [9.17, 15) is 4.79 Å². The fraction of sp³-hybridized carbons (Fsp3) is 0.286. The zero-order chi connectivity index (χ0) is 14.4. The molecule has 0 aliphatic carbocycles. The molecule has 0 saturated carbocycles. The van der Waals surface area contributed by atoms with E-state index in [4.69, 9.17) is 9.84 Å². The predicted octanol–water partition coefficient (Wildman–Crippen LogP) is 3.18. The Morgan fingerprint density at radius 3 is 2.80 bits per heavy atom. The topological polar surface area (TPSA) is 59.4 Å². The van der Waals surface area contributed by atoms with Crippen molar-refractivity contribution >= 4 is 29.1 Å². The first-order valence-electron chi connectivity index (χ1n) is 6.07. The van der Waals surface area contributed by atoms with E-state index in [2.05, 4.69) is 17.1 Å². The summed E-state index contributed by atoms with van der Waals surface area (Å²) in [6.45, 7) is 0.714. The molecule has 4 nitrogen and oxygen atoms in total. The Morgan fingerprint density at radius 2 is 2.15 bits per heavy atom. The van der Waals surface area contributed by atoms with Crippen LogP contribution in [0.15, 0.2) is 34.0 Å². The lowest BCUT2D eigenvalue weighted by atomic mass is 10.1. The number of aromatic nitrogens is 1. The summed E-state index contributed by atoms with van der Waals surface area (Å²) in [5, 5.41) is 10.6. The molecular weight excluding hydrogens is 294 g/mol. The summed E-state index contributed by atoms with van der Waals surface area (Å²) in [5.41, 5.74) is 3.16. The molecule has 0 amide bonds. The molecule has 1 aromatic carbocycles. The molecular formula is C14H15NO3S2. The van der Waals surface area contributed by atoms with Crippen molar-refractivity contribution in [2.75, 3.05) is 19.5 Å². The number of ether oxygens (including phenoxy) is 1. The first-order valence-corrected chi connectivity index (χ1v) is 7.94. The number of carbonyl (C=O) groups is 1. The molecule has 0 aliphatic heterocycles. The maximum absolute atomic E-state index is 10.5. The number of rotatable bonds is 7. The lowest BCUT2D eigenvalue weighted by Gasteiger charge is -2.01. The van der Waals surface area contributed by atoms with Gasteiger partial charge in [0.15, 0.2) is 4.34 Å². The third kappa shape index (κ3) is 4.33. The summed E-state index contributed by atoms with van der Waals surface area (Å²) >= 11 is 2.72. The summed E-state index contributed by atoms with van der Waals surface area (Å²) in [6, 6.07) is 8.20. The molecule has 1 N–H and O–H groups in total. The summed E-state index contributed by atoms with van der Waals surface area (Å²) in [5.74, 6) is -0.780. The third-order valence-corrected chi connectivity index (χ3v) is 4.65. The van der Waals surface area contributed by atoms with Gasteiger partial charge in [-0.05, 0) is 12.0 Å². The van der Waals surface area contributed by atoms with Crippen LogP contribution < -0.4 is 0 Å². The first-order chi connectivity index (χ1) is 9.69. The molecule has 0 fully saturated rings. The number of nitrogens with zero attached hydrogens (tertiary/aromatic N) is 1. The van der Waals surface area contributed by atoms with Crippen molar-refractivity contribution in [1.82, 2.24) is 4.98 Å². The van der Waals surface area contributed by atoms with Gasteiger partial charge in [0, 0.05) is 18.1 Å². The van der Waals surface area contributed by atoms with Crippen LogP contribution >= 0.6 is 23.1 Å². The molecule has 0 bridgehead atoms. The lowest BCUT2D eigenvalue weighted by Crippen LogP contribution is -1.97. The second-order valence-corrected chi connectivity index (χ2v) is 6.20. The van der Waals surface area contributed by atoms with Gasteiger partial charge < -0.3 is 9.84 Å². The number of thiazole rings is 1. The van der Waals surface area contributed by atoms with Gasteiger partial charge in [0.2, 0.25) is 0 Å². The fourth-order valence-electron chi connectivity index (χ4n) is 1.64. The van der Waals surface area contributed by atoms with E-state index in [1.54, 1.807) is 7.11 Å². The number of carboxylic acid groups (broad SMARTS) is 1. The second kappa shape index (κ2) is 7.42. The van der Waals surface area contributed by atoms with Crippen LogP contribution in [-0.2, 0) is 16.0 Å². The van der Waals surface area contributed by atoms with Crippen LogP contribution in [0, 0.1) is 0 Å².